The first-order valence-electron chi connectivity index (χ1n) is 8.25. The number of nitrogens with zero attached hydrogens (tertiary/aromatic N) is 1. The van der Waals surface area contributed by atoms with Gasteiger partial charge in [0.15, 0.2) is 0 Å². The van der Waals surface area contributed by atoms with Crippen molar-refractivity contribution in [3.63, 3.8) is 0 Å². The zero-order valence-corrected chi connectivity index (χ0v) is 12.9. The first kappa shape index (κ1) is 14.6. The standard InChI is InChI=1S/C18H26N2O/c1-13-15(11-14-5-3-2-4-6-14)9-10-20(13)18(21)16-7-8-17(19)12-16/h2-6,13,15-17H,7-12,19H2,1H3. The molecule has 1 aliphatic heterocycles. The first-order chi connectivity index (χ1) is 10.1. The highest BCUT2D eigenvalue weighted by Gasteiger charge is 2.38. The zero-order valence-electron chi connectivity index (χ0n) is 12.9. The average molecular weight is 286 g/mol. The second-order valence-electron chi connectivity index (χ2n) is 6.78. The summed E-state index contributed by atoms with van der Waals surface area (Å²) in [7, 11) is 0. The molecule has 0 aromatic heterocycles. The lowest BCUT2D eigenvalue weighted by Crippen LogP contribution is -2.39. The highest BCUT2D eigenvalue weighted by Crippen LogP contribution is 2.32. The predicted molar refractivity (Wildman–Crippen MR) is 84.7 cm³/mol. The van der Waals surface area contributed by atoms with Crippen molar-refractivity contribution in [3.05, 3.63) is 35.9 Å². The molecular formula is C18H26N2O. The minimum Gasteiger partial charge on any atom is -0.339 e. The highest BCUT2D eigenvalue weighted by molar-refractivity contribution is 5.79. The molecule has 2 N–H and O–H groups in total. The van der Waals surface area contributed by atoms with Crippen molar-refractivity contribution in [2.24, 2.45) is 17.6 Å². The maximum atomic E-state index is 12.7. The van der Waals surface area contributed by atoms with Gasteiger partial charge in [-0.3, -0.25) is 4.79 Å². The minimum atomic E-state index is 0.179. The number of likely N-dealkylation sites (tertiary alicyclic amines) is 1. The van der Waals surface area contributed by atoms with E-state index in [0.29, 0.717) is 17.9 Å². The Bertz CT molecular complexity index is 487. The molecule has 2 fully saturated rings. The van der Waals surface area contributed by atoms with Crippen LogP contribution in [0.2, 0.25) is 0 Å². The van der Waals surface area contributed by atoms with Crippen LogP contribution in [0.1, 0.15) is 38.2 Å². The Hall–Kier alpha value is -1.35. The Balaban J connectivity index is 1.61. The summed E-state index contributed by atoms with van der Waals surface area (Å²) in [5, 5.41) is 0. The molecule has 3 heteroatoms. The molecule has 1 aliphatic carbocycles. The Labute approximate surface area is 127 Å². The molecule has 1 heterocycles. The number of hydrogen-bond donors (Lipinski definition) is 1. The molecule has 4 unspecified atom stereocenters. The maximum absolute atomic E-state index is 12.7. The summed E-state index contributed by atoms with van der Waals surface area (Å²) in [6.07, 6.45) is 5.07. The van der Waals surface area contributed by atoms with Crippen molar-refractivity contribution >= 4 is 5.91 Å². The average Bonchev–Trinajstić information content (AvgIpc) is 3.07. The van der Waals surface area contributed by atoms with Crippen LogP contribution in [-0.4, -0.2) is 29.4 Å². The topological polar surface area (TPSA) is 46.3 Å². The first-order valence-corrected chi connectivity index (χ1v) is 8.25. The van der Waals surface area contributed by atoms with Gasteiger partial charge in [-0.15, -0.1) is 0 Å². The second-order valence-corrected chi connectivity index (χ2v) is 6.78. The third-order valence-electron chi connectivity index (χ3n) is 5.36. The van der Waals surface area contributed by atoms with E-state index in [0.717, 1.165) is 38.6 Å². The van der Waals surface area contributed by atoms with Gasteiger partial charge in [-0.05, 0) is 50.5 Å². The van der Waals surface area contributed by atoms with Crippen LogP contribution in [0.25, 0.3) is 0 Å². The minimum absolute atomic E-state index is 0.179. The quantitative estimate of drug-likeness (QED) is 0.928. The van der Waals surface area contributed by atoms with E-state index in [-0.39, 0.29) is 12.0 Å². The smallest absolute Gasteiger partial charge is 0.225 e. The van der Waals surface area contributed by atoms with Gasteiger partial charge in [0.1, 0.15) is 0 Å². The van der Waals surface area contributed by atoms with E-state index in [1.54, 1.807) is 0 Å². The van der Waals surface area contributed by atoms with Crippen molar-refractivity contribution in [2.45, 2.75) is 51.1 Å². The molecule has 3 rings (SSSR count). The summed E-state index contributed by atoms with van der Waals surface area (Å²) in [5.41, 5.74) is 7.34. The summed E-state index contributed by atoms with van der Waals surface area (Å²) in [6.45, 7) is 3.14. The van der Waals surface area contributed by atoms with E-state index in [1.165, 1.54) is 5.56 Å². The Kier molecular flexibility index (Phi) is 4.29. The number of carbonyl (C=O) groups excluding carboxylic acids is 1. The van der Waals surface area contributed by atoms with Crippen molar-refractivity contribution < 1.29 is 4.79 Å². The van der Waals surface area contributed by atoms with Gasteiger partial charge >= 0.3 is 0 Å². The monoisotopic (exact) mass is 286 g/mol. The zero-order chi connectivity index (χ0) is 14.8. The van der Waals surface area contributed by atoms with Crippen LogP contribution in [0.15, 0.2) is 30.3 Å². The van der Waals surface area contributed by atoms with Crippen molar-refractivity contribution in [1.82, 2.24) is 4.90 Å². The SMILES string of the molecule is CC1C(Cc2ccccc2)CCN1C(=O)C1CCC(N)C1. The lowest BCUT2D eigenvalue weighted by Gasteiger charge is -2.27. The molecule has 1 aromatic rings. The number of amides is 1. The molecule has 3 nitrogen and oxygen atoms in total. The van der Waals surface area contributed by atoms with Crippen molar-refractivity contribution in [1.29, 1.82) is 0 Å². The Morgan fingerprint density at radius 3 is 2.67 bits per heavy atom. The van der Waals surface area contributed by atoms with Gasteiger partial charge < -0.3 is 10.6 Å². The number of carbonyl (C=O) groups is 1. The van der Waals surface area contributed by atoms with Crippen LogP contribution in [0.5, 0.6) is 0 Å². The fourth-order valence-corrected chi connectivity index (χ4v) is 3.98. The van der Waals surface area contributed by atoms with Gasteiger partial charge in [0.2, 0.25) is 5.91 Å². The molecule has 21 heavy (non-hydrogen) atoms. The van der Waals surface area contributed by atoms with Crippen LogP contribution >= 0.6 is 0 Å². The van der Waals surface area contributed by atoms with E-state index in [9.17, 15) is 4.79 Å². The van der Waals surface area contributed by atoms with Crippen LogP contribution in [0, 0.1) is 11.8 Å². The van der Waals surface area contributed by atoms with E-state index in [4.69, 9.17) is 5.73 Å². The second kappa shape index (κ2) is 6.18. The third-order valence-corrected chi connectivity index (χ3v) is 5.36. The van der Waals surface area contributed by atoms with Crippen LogP contribution in [-0.2, 0) is 11.2 Å². The van der Waals surface area contributed by atoms with Crippen molar-refractivity contribution in [3.8, 4) is 0 Å². The number of benzene rings is 1. The molecule has 114 valence electrons. The van der Waals surface area contributed by atoms with Gasteiger partial charge in [-0.2, -0.15) is 0 Å². The van der Waals surface area contributed by atoms with Crippen molar-refractivity contribution in [2.75, 3.05) is 6.54 Å². The lowest BCUT2D eigenvalue weighted by atomic mass is 9.93. The van der Waals surface area contributed by atoms with E-state index >= 15 is 0 Å². The van der Waals surface area contributed by atoms with Crippen LogP contribution < -0.4 is 5.73 Å². The van der Waals surface area contributed by atoms with Gasteiger partial charge in [0.05, 0.1) is 0 Å². The molecule has 0 radical (unpaired) electrons. The fraction of sp³-hybridized carbons (Fsp3) is 0.611. The molecule has 0 bridgehead atoms. The molecule has 0 spiro atoms. The van der Waals surface area contributed by atoms with Gasteiger partial charge in [0, 0.05) is 24.5 Å². The summed E-state index contributed by atoms with van der Waals surface area (Å²) in [6, 6.07) is 11.2. The van der Waals surface area contributed by atoms with Gasteiger partial charge in [0.25, 0.3) is 0 Å². The largest absolute Gasteiger partial charge is 0.339 e. The maximum Gasteiger partial charge on any atom is 0.225 e. The molecule has 1 saturated heterocycles. The molecule has 4 atom stereocenters. The highest BCUT2D eigenvalue weighted by atomic mass is 16.2. The molecule has 2 aliphatic rings. The Morgan fingerprint density at radius 2 is 2.00 bits per heavy atom. The van der Waals surface area contributed by atoms with Crippen LogP contribution in [0.4, 0.5) is 0 Å². The molecular weight excluding hydrogens is 260 g/mol. The fourth-order valence-electron chi connectivity index (χ4n) is 3.98. The lowest BCUT2D eigenvalue weighted by molar-refractivity contribution is -0.136. The summed E-state index contributed by atoms with van der Waals surface area (Å²) >= 11 is 0. The number of hydrogen-bond acceptors (Lipinski definition) is 2. The summed E-state index contributed by atoms with van der Waals surface area (Å²) < 4.78 is 0. The van der Waals surface area contributed by atoms with E-state index in [2.05, 4.69) is 42.2 Å². The number of nitrogens with two attached hydrogens (primary N) is 1. The van der Waals surface area contributed by atoms with E-state index in [1.807, 2.05) is 0 Å². The van der Waals surface area contributed by atoms with E-state index < -0.39 is 0 Å². The van der Waals surface area contributed by atoms with Gasteiger partial charge in [-0.1, -0.05) is 30.3 Å². The summed E-state index contributed by atoms with van der Waals surface area (Å²) in [4.78, 5) is 14.8. The number of rotatable bonds is 3. The molecule has 1 saturated carbocycles. The normalized spacial score (nSPS) is 32.6. The van der Waals surface area contributed by atoms with Crippen LogP contribution in [0.3, 0.4) is 0 Å². The molecule has 1 amide bonds. The third kappa shape index (κ3) is 3.13. The summed E-state index contributed by atoms with van der Waals surface area (Å²) in [5.74, 6) is 1.12. The predicted octanol–water partition coefficient (Wildman–Crippen LogP) is 2.59. The van der Waals surface area contributed by atoms with Gasteiger partial charge in [-0.25, -0.2) is 0 Å². The molecule has 1 aromatic carbocycles. The Morgan fingerprint density at radius 1 is 1.24 bits per heavy atom.